The van der Waals surface area contributed by atoms with Gasteiger partial charge in [-0.2, -0.15) is 5.26 Å². The zero-order valence-electron chi connectivity index (χ0n) is 42.8. The fraction of sp³-hybridized carbons (Fsp3) is 0.118. The molecule has 6 nitrogen and oxygen atoms in total. The van der Waals surface area contributed by atoms with Crippen molar-refractivity contribution in [2.24, 2.45) is 0 Å². The third-order valence-electron chi connectivity index (χ3n) is 15.6. The highest BCUT2D eigenvalue weighted by atomic mass is 15.1. The van der Waals surface area contributed by atoms with Crippen molar-refractivity contribution in [1.29, 1.82) is 5.26 Å². The van der Waals surface area contributed by atoms with Crippen LogP contribution >= 0.6 is 0 Å². The molecule has 0 spiro atoms. The molecule has 0 fully saturated rings. The van der Waals surface area contributed by atoms with Gasteiger partial charge in [-0.15, -0.1) is 0 Å². The number of aromatic nitrogens is 5. The van der Waals surface area contributed by atoms with E-state index in [1.807, 2.05) is 0 Å². The summed E-state index contributed by atoms with van der Waals surface area (Å²) >= 11 is 0. The number of pyridine rings is 1. The Kier molecular flexibility index (Phi) is 9.37. The fourth-order valence-corrected chi connectivity index (χ4v) is 12.2. The van der Waals surface area contributed by atoms with Crippen molar-refractivity contribution in [2.75, 3.05) is 0 Å². The molecular weight excluding hydrogens is 901 g/mol. The van der Waals surface area contributed by atoms with E-state index in [9.17, 15) is 5.26 Å². The summed E-state index contributed by atoms with van der Waals surface area (Å²) in [5.41, 5.74) is 22.3. The molecule has 0 saturated heterocycles. The van der Waals surface area contributed by atoms with Gasteiger partial charge in [0.1, 0.15) is 17.7 Å². The third-order valence-corrected chi connectivity index (χ3v) is 15.6. The van der Waals surface area contributed by atoms with E-state index in [2.05, 4.69) is 250 Å². The molecule has 0 amide bonds. The molecular formula is C68H52N6. The third kappa shape index (κ3) is 6.39. The van der Waals surface area contributed by atoms with Gasteiger partial charge < -0.3 is 9.13 Å². The number of benzene rings is 9. The van der Waals surface area contributed by atoms with Gasteiger partial charge in [0, 0.05) is 54.2 Å². The van der Waals surface area contributed by atoms with E-state index in [-0.39, 0.29) is 0 Å². The van der Waals surface area contributed by atoms with Crippen molar-refractivity contribution in [3.8, 4) is 40.2 Å². The van der Waals surface area contributed by atoms with Gasteiger partial charge in [0.2, 0.25) is 0 Å². The molecule has 5 heterocycles. The number of rotatable bonds is 5. The highest BCUT2D eigenvalue weighted by Crippen LogP contribution is 2.45. The van der Waals surface area contributed by atoms with Crippen LogP contribution in [0, 0.1) is 66.7 Å². The molecule has 0 atom stereocenters. The van der Waals surface area contributed by atoms with Gasteiger partial charge in [0.15, 0.2) is 0 Å². The first kappa shape index (κ1) is 43.6. The summed E-state index contributed by atoms with van der Waals surface area (Å²) in [6.07, 6.45) is 0. The van der Waals surface area contributed by atoms with Crippen LogP contribution in [-0.4, -0.2) is 23.3 Å². The summed E-state index contributed by atoms with van der Waals surface area (Å²) in [6.45, 7) is 17.3. The Hall–Kier alpha value is -9.18. The number of nitrogens with zero attached hydrogens (tertiary/aromatic N) is 6. The second kappa shape index (κ2) is 15.9. The van der Waals surface area contributed by atoms with Gasteiger partial charge in [-0.1, -0.05) is 93.0 Å². The zero-order chi connectivity index (χ0) is 50.4. The molecule has 0 saturated carbocycles. The van der Waals surface area contributed by atoms with Gasteiger partial charge in [0.25, 0.3) is 0 Å². The summed E-state index contributed by atoms with van der Waals surface area (Å²) in [5, 5.41) is 21.1. The van der Waals surface area contributed by atoms with Crippen molar-refractivity contribution in [3.05, 3.63) is 220 Å². The van der Waals surface area contributed by atoms with Crippen LogP contribution in [0.25, 0.3) is 121 Å². The highest BCUT2D eigenvalue weighted by Gasteiger charge is 2.27. The molecule has 14 aromatic rings. The Morgan fingerprint density at radius 2 is 0.595 bits per heavy atom. The second-order valence-electron chi connectivity index (χ2n) is 21.0. The maximum absolute atomic E-state index is 11.6. The average Bonchev–Trinajstić information content (AvgIpc) is 4.10. The predicted octanol–water partition coefficient (Wildman–Crippen LogP) is 17.5. The van der Waals surface area contributed by atoms with Crippen LogP contribution in [0.4, 0.5) is 0 Å². The average molecular weight is 953 g/mol. The summed E-state index contributed by atoms with van der Waals surface area (Å²) < 4.78 is 9.43. The lowest BCUT2D eigenvalue weighted by molar-refractivity contribution is 1.01. The highest BCUT2D eigenvalue weighted by molar-refractivity contribution is 6.14. The Bertz CT molecular complexity index is 4590. The van der Waals surface area contributed by atoms with Gasteiger partial charge in [-0.3, -0.25) is 9.13 Å². The Balaban J connectivity index is 1.17. The van der Waals surface area contributed by atoms with Crippen molar-refractivity contribution in [1.82, 2.24) is 23.3 Å². The molecule has 6 heteroatoms. The topological polar surface area (TPSA) is 56.4 Å². The van der Waals surface area contributed by atoms with Crippen LogP contribution in [-0.2, 0) is 0 Å². The molecule has 74 heavy (non-hydrogen) atoms. The molecule has 0 unspecified atom stereocenters. The van der Waals surface area contributed by atoms with E-state index in [0.29, 0.717) is 5.56 Å². The number of hydrogen-bond donors (Lipinski definition) is 0. The Morgan fingerprint density at radius 3 is 0.919 bits per heavy atom. The zero-order valence-corrected chi connectivity index (χ0v) is 42.8. The monoisotopic (exact) mass is 952 g/mol. The Labute approximate surface area is 429 Å². The van der Waals surface area contributed by atoms with Crippen molar-refractivity contribution in [2.45, 2.75) is 55.4 Å². The molecule has 0 bridgehead atoms. The van der Waals surface area contributed by atoms with Crippen molar-refractivity contribution >= 4 is 87.2 Å². The molecule has 0 N–H and O–H groups in total. The molecule has 5 aromatic heterocycles. The smallest absolute Gasteiger partial charge is 0.148 e. The van der Waals surface area contributed by atoms with Crippen molar-refractivity contribution in [3.63, 3.8) is 0 Å². The predicted molar refractivity (Wildman–Crippen MR) is 310 cm³/mol. The largest absolute Gasteiger partial charge is 0.309 e. The first-order chi connectivity index (χ1) is 35.9. The summed E-state index contributed by atoms with van der Waals surface area (Å²) in [6, 6.07) is 65.5. The quantitative estimate of drug-likeness (QED) is 0.173. The Morgan fingerprint density at radius 1 is 0.297 bits per heavy atom. The normalized spacial score (nSPS) is 12.0. The number of aryl methyl sites for hydroxylation is 8. The fourth-order valence-electron chi connectivity index (χ4n) is 12.2. The number of hydrogen-bond acceptors (Lipinski definition) is 2. The van der Waals surface area contributed by atoms with Crippen LogP contribution in [0.3, 0.4) is 0 Å². The van der Waals surface area contributed by atoms with Crippen LogP contribution in [0.1, 0.15) is 50.1 Å². The summed E-state index contributed by atoms with van der Waals surface area (Å²) in [4.78, 5) is 5.95. The van der Waals surface area contributed by atoms with Crippen molar-refractivity contribution < 1.29 is 0 Å². The van der Waals surface area contributed by atoms with Crippen LogP contribution in [0.5, 0.6) is 0 Å². The summed E-state index contributed by atoms with van der Waals surface area (Å²) in [5.74, 6) is 1.58. The minimum Gasteiger partial charge on any atom is -0.309 e. The van der Waals surface area contributed by atoms with E-state index in [4.69, 9.17) is 4.98 Å². The van der Waals surface area contributed by atoms with Crippen LogP contribution in [0.15, 0.2) is 170 Å². The first-order valence-electron chi connectivity index (χ1n) is 25.6. The lowest BCUT2D eigenvalue weighted by Gasteiger charge is -2.21. The molecule has 9 aromatic carbocycles. The van der Waals surface area contributed by atoms with E-state index in [1.165, 1.54) is 76.8 Å². The van der Waals surface area contributed by atoms with E-state index < -0.39 is 0 Å². The first-order valence-corrected chi connectivity index (χ1v) is 25.6. The van der Waals surface area contributed by atoms with Crippen LogP contribution in [0.2, 0.25) is 0 Å². The minimum absolute atomic E-state index is 0.563. The minimum atomic E-state index is 0.563. The van der Waals surface area contributed by atoms with E-state index in [1.54, 1.807) is 0 Å². The molecule has 0 aliphatic carbocycles. The molecule has 0 aliphatic rings. The maximum atomic E-state index is 11.6. The maximum Gasteiger partial charge on any atom is 0.148 e. The number of fused-ring (bicyclic) bond motifs is 12. The standard InChI is InChI=1S/C68H52N6/c1-38-9-18-57-48(27-38)49-28-39(2)10-19-58(49)71(57)65-36-66(72-59-20-11-40(3)29-50(59)51-30-41(4)12-21-60(51)72)56(35-46(65)37-69)47-17-26-67(73-61-22-13-42(5)31-52(61)53-32-43(6)14-23-62(53)73)70-68(47)74-63-24-15-44(7)33-54(63)55-34-45(8)16-25-64(55)74/h9-36H,1-8H3. The van der Waals surface area contributed by atoms with Gasteiger partial charge >= 0.3 is 0 Å². The number of nitriles is 1. The molecule has 0 aliphatic heterocycles. The molecule has 0 radical (unpaired) electrons. The van der Waals surface area contributed by atoms with Gasteiger partial charge in [-0.05, 0) is 177 Å². The van der Waals surface area contributed by atoms with Gasteiger partial charge in [-0.25, -0.2) is 4.98 Å². The lowest BCUT2D eigenvalue weighted by atomic mass is 9.98. The van der Waals surface area contributed by atoms with Gasteiger partial charge in [0.05, 0.1) is 61.1 Å². The summed E-state index contributed by atoms with van der Waals surface area (Å²) in [7, 11) is 0. The van der Waals surface area contributed by atoms with E-state index >= 15 is 0 Å². The van der Waals surface area contributed by atoms with E-state index in [0.717, 1.165) is 89.0 Å². The molecule has 354 valence electrons. The second-order valence-corrected chi connectivity index (χ2v) is 21.0. The molecule has 14 rings (SSSR count). The lowest BCUT2D eigenvalue weighted by Crippen LogP contribution is -2.08. The van der Waals surface area contributed by atoms with Crippen LogP contribution < -0.4 is 0 Å². The SMILES string of the molecule is Cc1ccc2c(c1)c1cc(C)ccc1n2-c1ccc(-c2cc(C#N)c(-n3c4ccc(C)cc4c4cc(C)ccc43)cc2-n2c3ccc(C)cc3c3cc(C)ccc32)c(-n2c3ccc(C)cc3c3cc(C)ccc32)n1.